The van der Waals surface area contributed by atoms with Gasteiger partial charge in [0.1, 0.15) is 0 Å². The molecular formula is C19H23N3O5S. The molecule has 2 fully saturated rings. The molecule has 0 radical (unpaired) electrons. The highest BCUT2D eigenvalue weighted by atomic mass is 32.2. The topological polar surface area (TPSA) is 105 Å². The Morgan fingerprint density at radius 3 is 2.79 bits per heavy atom. The number of benzene rings is 1. The molecular weight excluding hydrogens is 382 g/mol. The molecule has 28 heavy (non-hydrogen) atoms. The third kappa shape index (κ3) is 4.52. The van der Waals surface area contributed by atoms with Crippen molar-refractivity contribution in [1.82, 2.24) is 14.9 Å². The van der Waals surface area contributed by atoms with Crippen LogP contribution in [0, 0.1) is 18.3 Å². The SMILES string of the molecule is C#C[C@H](NC(=O)c1cccc(S(=O)(=O)N2CCNC(=O)C2)c1)C1CCOCC1. The Labute approximate surface area is 164 Å². The van der Waals surface area contributed by atoms with Gasteiger partial charge >= 0.3 is 0 Å². The summed E-state index contributed by atoms with van der Waals surface area (Å²) in [6.45, 7) is 1.42. The molecule has 2 aliphatic heterocycles. The summed E-state index contributed by atoms with van der Waals surface area (Å²) in [5.74, 6) is 1.96. The summed E-state index contributed by atoms with van der Waals surface area (Å²) in [6.07, 6.45) is 7.12. The number of nitrogens with one attached hydrogen (secondary N) is 2. The largest absolute Gasteiger partial charge is 0.381 e. The lowest BCUT2D eigenvalue weighted by molar-refractivity contribution is -0.122. The zero-order valence-corrected chi connectivity index (χ0v) is 16.2. The standard InChI is InChI=1S/C19H23N3O5S/c1-2-17(14-6-10-27-11-7-14)21-19(24)15-4-3-5-16(12-15)28(25,26)22-9-8-20-18(23)13-22/h1,3-5,12,14,17H,6-11,13H2,(H,20,23)(H,21,24)/t17-/m0/s1. The van der Waals surface area contributed by atoms with Crippen molar-refractivity contribution in [2.24, 2.45) is 5.92 Å². The molecule has 0 bridgehead atoms. The van der Waals surface area contributed by atoms with E-state index in [2.05, 4.69) is 16.6 Å². The maximum absolute atomic E-state index is 12.8. The monoisotopic (exact) mass is 405 g/mol. The van der Waals surface area contributed by atoms with Crippen LogP contribution in [0.4, 0.5) is 0 Å². The number of carbonyl (C=O) groups is 2. The molecule has 0 aliphatic carbocycles. The fourth-order valence-corrected chi connectivity index (χ4v) is 4.78. The summed E-state index contributed by atoms with van der Waals surface area (Å²) in [7, 11) is -3.87. The second-order valence-electron chi connectivity index (χ2n) is 6.78. The molecule has 1 atom stereocenters. The average Bonchev–Trinajstić information content (AvgIpc) is 2.72. The number of rotatable bonds is 5. The lowest BCUT2D eigenvalue weighted by atomic mass is 9.92. The molecule has 2 saturated heterocycles. The van der Waals surface area contributed by atoms with Crippen molar-refractivity contribution in [2.45, 2.75) is 23.8 Å². The molecule has 0 spiro atoms. The van der Waals surface area contributed by atoms with Crippen LogP contribution in [0.3, 0.4) is 0 Å². The first-order chi connectivity index (χ1) is 13.4. The van der Waals surface area contributed by atoms with E-state index in [1.807, 2.05) is 0 Å². The number of sulfonamides is 1. The van der Waals surface area contributed by atoms with Gasteiger partial charge in [-0.1, -0.05) is 12.0 Å². The Kier molecular flexibility index (Phi) is 6.34. The number of hydrogen-bond acceptors (Lipinski definition) is 5. The normalized spacial score (nSPS) is 20.0. The number of ether oxygens (including phenoxy) is 1. The van der Waals surface area contributed by atoms with Crippen molar-refractivity contribution in [1.29, 1.82) is 0 Å². The average molecular weight is 405 g/mol. The summed E-state index contributed by atoms with van der Waals surface area (Å²) >= 11 is 0. The maximum Gasteiger partial charge on any atom is 0.252 e. The highest BCUT2D eigenvalue weighted by Gasteiger charge is 2.30. The van der Waals surface area contributed by atoms with Crippen molar-refractivity contribution < 1.29 is 22.7 Å². The van der Waals surface area contributed by atoms with Crippen molar-refractivity contribution in [2.75, 3.05) is 32.8 Å². The lowest BCUT2D eigenvalue weighted by Gasteiger charge is -2.28. The van der Waals surface area contributed by atoms with E-state index < -0.39 is 22.0 Å². The van der Waals surface area contributed by atoms with Crippen LogP contribution in [0.15, 0.2) is 29.2 Å². The van der Waals surface area contributed by atoms with Gasteiger partial charge in [0, 0.05) is 31.9 Å². The molecule has 0 saturated carbocycles. The van der Waals surface area contributed by atoms with E-state index in [0.29, 0.717) is 13.2 Å². The van der Waals surface area contributed by atoms with E-state index in [9.17, 15) is 18.0 Å². The van der Waals surface area contributed by atoms with Crippen LogP contribution in [0.1, 0.15) is 23.2 Å². The van der Waals surface area contributed by atoms with Gasteiger partial charge in [-0.2, -0.15) is 4.31 Å². The number of terminal acetylenes is 1. The second kappa shape index (κ2) is 8.73. The predicted octanol–water partition coefficient (Wildman–Crippen LogP) is -0.0347. The summed E-state index contributed by atoms with van der Waals surface area (Å²) < 4.78 is 32.0. The predicted molar refractivity (Wildman–Crippen MR) is 102 cm³/mol. The van der Waals surface area contributed by atoms with Gasteiger partial charge in [-0.3, -0.25) is 9.59 Å². The number of piperazine rings is 1. The third-order valence-electron chi connectivity index (χ3n) is 4.94. The van der Waals surface area contributed by atoms with Gasteiger partial charge in [-0.15, -0.1) is 6.42 Å². The lowest BCUT2D eigenvalue weighted by Crippen LogP contribution is -2.49. The Balaban J connectivity index is 1.75. The van der Waals surface area contributed by atoms with Crippen molar-refractivity contribution in [3.63, 3.8) is 0 Å². The molecule has 2 amide bonds. The Morgan fingerprint density at radius 1 is 1.36 bits per heavy atom. The highest BCUT2D eigenvalue weighted by Crippen LogP contribution is 2.20. The Bertz CT molecular complexity index is 887. The first kappa shape index (κ1) is 20.3. The fourth-order valence-electron chi connectivity index (χ4n) is 3.34. The van der Waals surface area contributed by atoms with Gasteiger partial charge in [-0.25, -0.2) is 8.42 Å². The number of carbonyl (C=O) groups excluding carboxylic acids is 2. The van der Waals surface area contributed by atoms with E-state index in [1.165, 1.54) is 24.3 Å². The number of hydrogen-bond donors (Lipinski definition) is 2. The zero-order valence-electron chi connectivity index (χ0n) is 15.4. The molecule has 9 heteroatoms. The van der Waals surface area contributed by atoms with Gasteiger partial charge < -0.3 is 15.4 Å². The van der Waals surface area contributed by atoms with Crippen LogP contribution in [0.5, 0.6) is 0 Å². The smallest absolute Gasteiger partial charge is 0.252 e. The van der Waals surface area contributed by atoms with Crippen LogP contribution in [0.25, 0.3) is 0 Å². The molecule has 1 aromatic rings. The van der Waals surface area contributed by atoms with Crippen molar-refractivity contribution in [3.8, 4) is 12.3 Å². The summed E-state index contributed by atoms with van der Waals surface area (Å²) in [5.41, 5.74) is 0.204. The minimum Gasteiger partial charge on any atom is -0.381 e. The first-order valence-electron chi connectivity index (χ1n) is 9.13. The van der Waals surface area contributed by atoms with Crippen LogP contribution in [0.2, 0.25) is 0 Å². The van der Waals surface area contributed by atoms with E-state index in [0.717, 1.165) is 17.1 Å². The van der Waals surface area contributed by atoms with E-state index in [-0.39, 0.29) is 41.9 Å². The summed E-state index contributed by atoms with van der Waals surface area (Å²) in [4.78, 5) is 24.1. The summed E-state index contributed by atoms with van der Waals surface area (Å²) in [5, 5.41) is 5.40. The minimum absolute atomic E-state index is 0.0295. The fraction of sp³-hybridized carbons (Fsp3) is 0.474. The number of nitrogens with zero attached hydrogens (tertiary/aromatic N) is 1. The molecule has 0 aromatic heterocycles. The molecule has 2 N–H and O–H groups in total. The van der Waals surface area contributed by atoms with Gasteiger partial charge in [0.2, 0.25) is 15.9 Å². The van der Waals surface area contributed by atoms with Crippen molar-refractivity contribution in [3.05, 3.63) is 29.8 Å². The molecule has 3 rings (SSSR count). The third-order valence-corrected chi connectivity index (χ3v) is 6.78. The summed E-state index contributed by atoms with van der Waals surface area (Å²) in [6, 6.07) is 5.33. The Hall–Kier alpha value is -2.41. The number of amides is 2. The molecule has 2 aliphatic rings. The molecule has 2 heterocycles. The van der Waals surface area contributed by atoms with E-state index >= 15 is 0 Å². The highest BCUT2D eigenvalue weighted by molar-refractivity contribution is 7.89. The molecule has 150 valence electrons. The van der Waals surface area contributed by atoms with E-state index in [4.69, 9.17) is 11.2 Å². The molecule has 8 nitrogen and oxygen atoms in total. The zero-order chi connectivity index (χ0) is 20.1. The molecule has 0 unspecified atom stereocenters. The van der Waals surface area contributed by atoms with Crippen LogP contribution >= 0.6 is 0 Å². The first-order valence-corrected chi connectivity index (χ1v) is 10.6. The van der Waals surface area contributed by atoms with Crippen LogP contribution < -0.4 is 10.6 Å². The quantitative estimate of drug-likeness (QED) is 0.669. The van der Waals surface area contributed by atoms with Crippen LogP contribution in [-0.2, 0) is 19.6 Å². The maximum atomic E-state index is 12.8. The molecule has 1 aromatic carbocycles. The van der Waals surface area contributed by atoms with Crippen LogP contribution in [-0.4, -0.2) is 63.4 Å². The van der Waals surface area contributed by atoms with Crippen molar-refractivity contribution >= 4 is 21.8 Å². The Morgan fingerprint density at radius 2 is 2.11 bits per heavy atom. The van der Waals surface area contributed by atoms with Gasteiger partial charge in [0.15, 0.2) is 0 Å². The minimum atomic E-state index is -3.87. The van der Waals surface area contributed by atoms with Gasteiger partial charge in [-0.05, 0) is 37.0 Å². The van der Waals surface area contributed by atoms with Gasteiger partial charge in [0.05, 0.1) is 17.5 Å². The van der Waals surface area contributed by atoms with Gasteiger partial charge in [0.25, 0.3) is 5.91 Å². The van der Waals surface area contributed by atoms with E-state index in [1.54, 1.807) is 0 Å². The second-order valence-corrected chi connectivity index (χ2v) is 8.72.